The van der Waals surface area contributed by atoms with Gasteiger partial charge in [0.05, 0.1) is 22.0 Å². The molecule has 0 aliphatic carbocycles. The minimum atomic E-state index is -4.54. The van der Waals surface area contributed by atoms with Gasteiger partial charge in [-0.3, -0.25) is 4.79 Å². The van der Waals surface area contributed by atoms with Gasteiger partial charge in [0, 0.05) is 25.7 Å². The van der Waals surface area contributed by atoms with Crippen LogP contribution in [0.15, 0.2) is 53.4 Å². The zero-order valence-electron chi connectivity index (χ0n) is 17.1. The molecule has 7 nitrogen and oxygen atoms in total. The van der Waals surface area contributed by atoms with Crippen molar-refractivity contribution in [1.29, 1.82) is 0 Å². The molecule has 0 spiro atoms. The summed E-state index contributed by atoms with van der Waals surface area (Å²) >= 11 is 6.01. The first-order valence-electron chi connectivity index (χ1n) is 9.08. The number of alkyl halides is 3. The topological polar surface area (TPSA) is 84.3 Å². The number of sulfonamides is 1. The smallest absolute Gasteiger partial charge is 0.306 e. The molecule has 0 unspecified atom stereocenters. The van der Waals surface area contributed by atoms with E-state index in [-0.39, 0.29) is 27.0 Å². The Morgan fingerprint density at radius 1 is 1.12 bits per heavy atom. The first kappa shape index (κ1) is 23.8. The van der Waals surface area contributed by atoms with Gasteiger partial charge in [-0.1, -0.05) is 17.7 Å². The van der Waals surface area contributed by atoms with Crippen molar-refractivity contribution in [3.05, 3.63) is 70.4 Å². The Labute approximate surface area is 187 Å². The fraction of sp³-hybridized carbons (Fsp3) is 0.200. The Balaban J connectivity index is 1.98. The van der Waals surface area contributed by atoms with Crippen LogP contribution in [0.1, 0.15) is 21.6 Å². The Morgan fingerprint density at radius 3 is 2.44 bits per heavy atom. The van der Waals surface area contributed by atoms with Gasteiger partial charge < -0.3 is 5.32 Å². The van der Waals surface area contributed by atoms with Crippen LogP contribution in [-0.2, 0) is 16.2 Å². The summed E-state index contributed by atoms with van der Waals surface area (Å²) < 4.78 is 66.3. The average molecular weight is 487 g/mol. The van der Waals surface area contributed by atoms with Crippen molar-refractivity contribution in [2.45, 2.75) is 18.0 Å². The fourth-order valence-electron chi connectivity index (χ4n) is 2.83. The predicted octanol–water partition coefficient (Wildman–Crippen LogP) is 4.36. The maximum Gasteiger partial charge on any atom is 0.416 e. The van der Waals surface area contributed by atoms with Crippen LogP contribution in [0.25, 0.3) is 5.69 Å². The number of benzene rings is 2. The van der Waals surface area contributed by atoms with Crippen molar-refractivity contribution < 1.29 is 26.4 Å². The normalized spacial score (nSPS) is 12.2. The molecule has 1 heterocycles. The molecule has 2 aromatic carbocycles. The SMILES string of the molecule is Cc1cc(NC(=O)c2ccc(Cl)c(S(=O)(=O)N(C)C)c2)n(-c2cccc(C(F)(F)F)c2)n1. The summed E-state index contributed by atoms with van der Waals surface area (Å²) in [5, 5.41) is 6.66. The van der Waals surface area contributed by atoms with Crippen LogP contribution in [0.5, 0.6) is 0 Å². The first-order valence-corrected chi connectivity index (χ1v) is 10.9. The standard InChI is InChI=1S/C20H18ClF3N4O3S/c1-12-9-18(28(26-12)15-6-4-5-14(11-15)20(22,23)24)25-19(29)13-7-8-16(21)17(10-13)32(30,31)27(2)3/h4-11H,1-3H3,(H,25,29). The van der Waals surface area contributed by atoms with Gasteiger partial charge in [-0.2, -0.15) is 18.3 Å². The molecule has 0 saturated carbocycles. The number of nitrogens with zero attached hydrogens (tertiary/aromatic N) is 3. The Kier molecular flexibility index (Phi) is 6.36. The molecule has 0 saturated heterocycles. The van der Waals surface area contributed by atoms with E-state index in [1.54, 1.807) is 6.92 Å². The quantitative estimate of drug-likeness (QED) is 0.581. The molecule has 0 aliphatic rings. The fourth-order valence-corrected chi connectivity index (χ4v) is 4.22. The second-order valence-corrected chi connectivity index (χ2v) is 9.55. The lowest BCUT2D eigenvalue weighted by atomic mass is 10.2. The van der Waals surface area contributed by atoms with Gasteiger partial charge in [-0.05, 0) is 43.3 Å². The van der Waals surface area contributed by atoms with Gasteiger partial charge in [-0.25, -0.2) is 17.4 Å². The predicted molar refractivity (Wildman–Crippen MR) is 114 cm³/mol. The molecule has 0 radical (unpaired) electrons. The second-order valence-electron chi connectivity index (χ2n) is 7.02. The van der Waals surface area contributed by atoms with Gasteiger partial charge in [0.1, 0.15) is 10.7 Å². The summed E-state index contributed by atoms with van der Waals surface area (Å²) in [5.74, 6) is -0.580. The van der Waals surface area contributed by atoms with Crippen molar-refractivity contribution in [2.24, 2.45) is 0 Å². The maximum absolute atomic E-state index is 13.1. The molecule has 0 bridgehead atoms. The zero-order valence-corrected chi connectivity index (χ0v) is 18.7. The zero-order chi connectivity index (χ0) is 23.8. The molecule has 0 fully saturated rings. The Morgan fingerprint density at radius 2 is 1.81 bits per heavy atom. The number of carbonyl (C=O) groups excluding carboxylic acids is 1. The van der Waals surface area contributed by atoms with E-state index >= 15 is 0 Å². The summed E-state index contributed by atoms with van der Waals surface area (Å²) in [6.07, 6.45) is -4.54. The molecule has 3 rings (SSSR count). The third-order valence-electron chi connectivity index (χ3n) is 4.44. The molecule has 32 heavy (non-hydrogen) atoms. The highest BCUT2D eigenvalue weighted by Crippen LogP contribution is 2.31. The minimum absolute atomic E-state index is 0.00993. The van der Waals surface area contributed by atoms with Crippen LogP contribution in [0, 0.1) is 6.92 Å². The summed E-state index contributed by atoms with van der Waals surface area (Å²) in [6, 6.07) is 9.72. The maximum atomic E-state index is 13.1. The Hall–Kier alpha value is -2.89. The van der Waals surface area contributed by atoms with E-state index in [1.165, 1.54) is 44.4 Å². The number of aromatic nitrogens is 2. The number of nitrogens with one attached hydrogen (secondary N) is 1. The third kappa shape index (κ3) is 4.79. The highest BCUT2D eigenvalue weighted by molar-refractivity contribution is 7.89. The van der Waals surface area contributed by atoms with E-state index in [1.807, 2.05) is 0 Å². The number of anilines is 1. The molecule has 3 aromatic rings. The highest BCUT2D eigenvalue weighted by atomic mass is 35.5. The molecular formula is C20H18ClF3N4O3S. The third-order valence-corrected chi connectivity index (χ3v) is 6.74. The molecular weight excluding hydrogens is 469 g/mol. The van der Waals surface area contributed by atoms with Gasteiger partial charge >= 0.3 is 6.18 Å². The van der Waals surface area contributed by atoms with Gasteiger partial charge in [0.25, 0.3) is 5.91 Å². The van der Waals surface area contributed by atoms with Crippen LogP contribution < -0.4 is 5.32 Å². The van der Waals surface area contributed by atoms with Crippen molar-refractivity contribution >= 4 is 33.3 Å². The van der Waals surface area contributed by atoms with E-state index in [0.29, 0.717) is 5.69 Å². The summed E-state index contributed by atoms with van der Waals surface area (Å²) in [6.45, 7) is 1.61. The number of aryl methyl sites for hydroxylation is 1. The van der Waals surface area contributed by atoms with E-state index in [0.717, 1.165) is 27.2 Å². The van der Waals surface area contributed by atoms with Crippen molar-refractivity contribution in [2.75, 3.05) is 19.4 Å². The molecule has 0 aliphatic heterocycles. The van der Waals surface area contributed by atoms with Gasteiger partial charge in [0.2, 0.25) is 10.0 Å². The highest BCUT2D eigenvalue weighted by Gasteiger charge is 2.31. The molecule has 0 atom stereocenters. The van der Waals surface area contributed by atoms with Crippen LogP contribution >= 0.6 is 11.6 Å². The number of carbonyl (C=O) groups is 1. The van der Waals surface area contributed by atoms with E-state index in [2.05, 4.69) is 10.4 Å². The van der Waals surface area contributed by atoms with E-state index in [4.69, 9.17) is 11.6 Å². The summed E-state index contributed by atoms with van der Waals surface area (Å²) in [4.78, 5) is 12.6. The summed E-state index contributed by atoms with van der Waals surface area (Å²) in [7, 11) is -1.25. The molecule has 12 heteroatoms. The minimum Gasteiger partial charge on any atom is -0.306 e. The van der Waals surface area contributed by atoms with Crippen molar-refractivity contribution in [3.63, 3.8) is 0 Å². The van der Waals surface area contributed by atoms with E-state index in [9.17, 15) is 26.4 Å². The lowest BCUT2D eigenvalue weighted by Crippen LogP contribution is -2.23. The number of rotatable bonds is 5. The average Bonchev–Trinajstić information content (AvgIpc) is 3.07. The second kappa shape index (κ2) is 8.57. The van der Waals surface area contributed by atoms with Gasteiger partial charge in [-0.15, -0.1) is 0 Å². The van der Waals surface area contributed by atoms with Crippen LogP contribution in [0.4, 0.5) is 19.0 Å². The lowest BCUT2D eigenvalue weighted by molar-refractivity contribution is -0.137. The van der Waals surface area contributed by atoms with Crippen molar-refractivity contribution in [3.8, 4) is 5.69 Å². The first-order chi connectivity index (χ1) is 14.8. The molecule has 1 N–H and O–H groups in total. The van der Waals surface area contributed by atoms with Crippen LogP contribution in [0.2, 0.25) is 5.02 Å². The van der Waals surface area contributed by atoms with E-state index < -0.39 is 27.7 Å². The molecule has 170 valence electrons. The molecule has 1 amide bonds. The lowest BCUT2D eigenvalue weighted by Gasteiger charge is -2.14. The summed E-state index contributed by atoms with van der Waals surface area (Å²) in [5.41, 5.74) is -0.333. The largest absolute Gasteiger partial charge is 0.416 e. The van der Waals surface area contributed by atoms with Crippen LogP contribution in [-0.4, -0.2) is 42.5 Å². The van der Waals surface area contributed by atoms with Crippen molar-refractivity contribution in [1.82, 2.24) is 14.1 Å². The van der Waals surface area contributed by atoms with Crippen LogP contribution in [0.3, 0.4) is 0 Å². The number of halogens is 4. The Bertz CT molecular complexity index is 1290. The number of amides is 1. The number of hydrogen-bond donors (Lipinski definition) is 1. The van der Waals surface area contributed by atoms with Gasteiger partial charge in [0.15, 0.2) is 0 Å². The number of hydrogen-bond acceptors (Lipinski definition) is 4. The molecule has 1 aromatic heterocycles. The monoisotopic (exact) mass is 486 g/mol.